The van der Waals surface area contributed by atoms with E-state index in [0.29, 0.717) is 28.9 Å². The van der Waals surface area contributed by atoms with E-state index < -0.39 is 0 Å². The van der Waals surface area contributed by atoms with Crippen molar-refractivity contribution in [3.05, 3.63) is 33.4 Å². The van der Waals surface area contributed by atoms with Crippen LogP contribution in [0.5, 0.6) is 0 Å². The molecule has 19 heavy (non-hydrogen) atoms. The fraction of sp³-hybridized carbons (Fsp3) is 0.333. The van der Waals surface area contributed by atoms with Crippen LogP contribution in [0.4, 0.5) is 4.39 Å². The van der Waals surface area contributed by atoms with E-state index in [9.17, 15) is 4.39 Å². The Labute approximate surface area is 123 Å². The average molecular weight is 346 g/mol. The molecule has 0 saturated heterocycles. The molecule has 0 atom stereocenters. The highest BCUT2D eigenvalue weighted by molar-refractivity contribution is 9.10. The van der Waals surface area contributed by atoms with E-state index >= 15 is 0 Å². The Bertz CT molecular complexity index is 550. The highest BCUT2D eigenvalue weighted by Crippen LogP contribution is 2.28. The predicted octanol–water partition coefficient (Wildman–Crippen LogP) is 2.84. The molecule has 1 aromatic heterocycles. The monoisotopic (exact) mass is 345 g/mol. The van der Waals surface area contributed by atoms with Crippen LogP contribution in [-0.4, -0.2) is 29.8 Å². The van der Waals surface area contributed by atoms with Gasteiger partial charge in [-0.05, 0) is 29.7 Å². The van der Waals surface area contributed by atoms with Crippen molar-refractivity contribution in [2.45, 2.75) is 6.54 Å². The molecule has 1 N–H and O–H groups in total. The summed E-state index contributed by atoms with van der Waals surface area (Å²) in [6, 6.07) is 4.92. The number of ether oxygens (including phenoxy) is 1. The Hall–Kier alpha value is -0.890. The van der Waals surface area contributed by atoms with Crippen LogP contribution < -0.4 is 5.32 Å². The quantitative estimate of drug-likeness (QED) is 0.817. The van der Waals surface area contributed by atoms with E-state index in [1.54, 1.807) is 19.2 Å². The predicted molar refractivity (Wildman–Crippen MR) is 76.6 cm³/mol. The van der Waals surface area contributed by atoms with Crippen molar-refractivity contribution >= 4 is 27.5 Å². The summed E-state index contributed by atoms with van der Waals surface area (Å²) < 4.78 is 23.5. The van der Waals surface area contributed by atoms with E-state index in [0.717, 1.165) is 11.4 Å². The summed E-state index contributed by atoms with van der Waals surface area (Å²) in [6.45, 7) is 1.97. The molecule has 102 valence electrons. The van der Waals surface area contributed by atoms with Gasteiger partial charge in [0.05, 0.1) is 11.5 Å². The van der Waals surface area contributed by atoms with Crippen molar-refractivity contribution in [2.75, 3.05) is 20.3 Å². The number of rotatable bonds is 6. The molecular weight excluding hydrogens is 333 g/mol. The molecule has 1 aromatic carbocycles. The third-order valence-electron chi connectivity index (χ3n) is 2.51. The van der Waals surface area contributed by atoms with Gasteiger partial charge in [-0.1, -0.05) is 20.4 Å². The summed E-state index contributed by atoms with van der Waals surface area (Å²) >= 11 is 4.51. The van der Waals surface area contributed by atoms with Crippen molar-refractivity contribution in [3.8, 4) is 11.3 Å². The summed E-state index contributed by atoms with van der Waals surface area (Å²) in [4.78, 5) is 0.914. The van der Waals surface area contributed by atoms with Gasteiger partial charge in [-0.25, -0.2) is 4.39 Å². The number of nitrogens with zero attached hydrogens (tertiary/aromatic N) is 2. The van der Waals surface area contributed by atoms with E-state index in [4.69, 9.17) is 4.74 Å². The Kier molecular flexibility index (Phi) is 5.38. The van der Waals surface area contributed by atoms with Crippen LogP contribution in [0.25, 0.3) is 11.3 Å². The van der Waals surface area contributed by atoms with Crippen LogP contribution >= 0.6 is 27.5 Å². The van der Waals surface area contributed by atoms with Gasteiger partial charge in [0, 0.05) is 30.2 Å². The van der Waals surface area contributed by atoms with Gasteiger partial charge in [0.25, 0.3) is 0 Å². The number of hydrogen-bond donors (Lipinski definition) is 1. The molecule has 0 bridgehead atoms. The number of benzene rings is 1. The minimum Gasteiger partial charge on any atom is -0.383 e. The van der Waals surface area contributed by atoms with E-state index in [-0.39, 0.29) is 5.82 Å². The molecule has 4 nitrogen and oxygen atoms in total. The van der Waals surface area contributed by atoms with Gasteiger partial charge in [0.15, 0.2) is 0 Å². The second-order valence-corrected chi connectivity index (χ2v) is 5.59. The van der Waals surface area contributed by atoms with Gasteiger partial charge in [-0.3, -0.25) is 0 Å². The summed E-state index contributed by atoms with van der Waals surface area (Å²) in [5, 5.41) is 7.22. The number of aromatic nitrogens is 2. The first kappa shape index (κ1) is 14.5. The third-order valence-corrected chi connectivity index (χ3v) is 3.73. The lowest BCUT2D eigenvalue weighted by Crippen LogP contribution is -2.18. The summed E-state index contributed by atoms with van der Waals surface area (Å²) in [7, 11) is 1.65. The van der Waals surface area contributed by atoms with E-state index in [2.05, 4.69) is 30.8 Å². The van der Waals surface area contributed by atoms with Gasteiger partial charge in [-0.2, -0.15) is 0 Å². The third kappa shape index (κ3) is 3.79. The molecule has 0 aliphatic heterocycles. The molecule has 0 unspecified atom stereocenters. The molecule has 0 amide bonds. The Balaban J connectivity index is 2.14. The smallest absolute Gasteiger partial charge is 0.133 e. The Morgan fingerprint density at radius 2 is 2.32 bits per heavy atom. The van der Waals surface area contributed by atoms with Crippen molar-refractivity contribution < 1.29 is 9.13 Å². The van der Waals surface area contributed by atoms with Gasteiger partial charge in [0.1, 0.15) is 11.5 Å². The van der Waals surface area contributed by atoms with E-state index in [1.165, 1.54) is 17.6 Å². The highest BCUT2D eigenvalue weighted by atomic mass is 79.9. The summed E-state index contributed by atoms with van der Waals surface area (Å²) in [5.41, 5.74) is 1.07. The molecule has 0 spiro atoms. The minimum absolute atomic E-state index is 0.305. The minimum atomic E-state index is -0.305. The number of hydrogen-bond acceptors (Lipinski definition) is 5. The van der Waals surface area contributed by atoms with Gasteiger partial charge < -0.3 is 10.1 Å². The van der Waals surface area contributed by atoms with Crippen molar-refractivity contribution in [1.29, 1.82) is 0 Å². The van der Waals surface area contributed by atoms with Crippen LogP contribution in [0.15, 0.2) is 22.7 Å². The van der Waals surface area contributed by atoms with Crippen molar-refractivity contribution in [2.24, 2.45) is 0 Å². The molecule has 0 aliphatic rings. The molecular formula is C12H13BrFN3OS. The molecule has 2 rings (SSSR count). The lowest BCUT2D eigenvalue weighted by molar-refractivity contribution is 0.199. The zero-order valence-electron chi connectivity index (χ0n) is 10.3. The standard InChI is InChI=1S/C12H13BrFN3OS/c1-18-5-4-15-7-11-12(16-17-19-11)9-3-2-8(13)6-10(9)14/h2-3,6,15H,4-5,7H2,1H3. The van der Waals surface area contributed by atoms with Crippen LogP contribution in [-0.2, 0) is 11.3 Å². The van der Waals surface area contributed by atoms with Crippen LogP contribution in [0.1, 0.15) is 4.88 Å². The SMILES string of the molecule is COCCNCc1snnc1-c1ccc(Br)cc1F. The Morgan fingerprint density at radius 3 is 3.05 bits per heavy atom. The van der Waals surface area contributed by atoms with E-state index in [1.807, 2.05) is 0 Å². The second kappa shape index (κ2) is 7.04. The zero-order valence-corrected chi connectivity index (χ0v) is 12.7. The number of halogens is 2. The first-order valence-corrected chi connectivity index (χ1v) is 7.25. The second-order valence-electron chi connectivity index (χ2n) is 3.84. The van der Waals surface area contributed by atoms with Gasteiger partial charge in [-0.15, -0.1) is 5.10 Å². The first-order valence-electron chi connectivity index (χ1n) is 5.68. The maximum atomic E-state index is 13.9. The van der Waals surface area contributed by atoms with Crippen LogP contribution in [0, 0.1) is 5.82 Å². The largest absolute Gasteiger partial charge is 0.383 e. The number of methoxy groups -OCH3 is 1. The molecule has 0 fully saturated rings. The molecule has 0 aliphatic carbocycles. The topological polar surface area (TPSA) is 47.0 Å². The van der Waals surface area contributed by atoms with Gasteiger partial charge >= 0.3 is 0 Å². The molecule has 2 aromatic rings. The summed E-state index contributed by atoms with van der Waals surface area (Å²) in [6.07, 6.45) is 0. The van der Waals surface area contributed by atoms with Crippen molar-refractivity contribution in [1.82, 2.24) is 14.9 Å². The Morgan fingerprint density at radius 1 is 1.47 bits per heavy atom. The van der Waals surface area contributed by atoms with Crippen LogP contribution in [0.3, 0.4) is 0 Å². The van der Waals surface area contributed by atoms with Crippen molar-refractivity contribution in [3.63, 3.8) is 0 Å². The first-order chi connectivity index (χ1) is 9.22. The molecule has 1 heterocycles. The lowest BCUT2D eigenvalue weighted by Gasteiger charge is -2.05. The summed E-state index contributed by atoms with van der Waals surface area (Å²) in [5.74, 6) is -0.305. The number of nitrogens with one attached hydrogen (secondary N) is 1. The average Bonchev–Trinajstić information content (AvgIpc) is 2.83. The maximum Gasteiger partial charge on any atom is 0.133 e. The maximum absolute atomic E-state index is 13.9. The van der Waals surface area contributed by atoms with Crippen LogP contribution in [0.2, 0.25) is 0 Å². The van der Waals surface area contributed by atoms with Gasteiger partial charge in [0.2, 0.25) is 0 Å². The molecule has 0 saturated carbocycles. The molecule has 0 radical (unpaired) electrons. The lowest BCUT2D eigenvalue weighted by atomic mass is 10.1. The fourth-order valence-electron chi connectivity index (χ4n) is 1.59. The highest BCUT2D eigenvalue weighted by Gasteiger charge is 2.14. The molecule has 7 heteroatoms. The zero-order chi connectivity index (χ0) is 13.7. The fourth-order valence-corrected chi connectivity index (χ4v) is 2.55. The normalized spacial score (nSPS) is 10.9.